The van der Waals surface area contributed by atoms with Crippen molar-refractivity contribution in [3.8, 4) is 33.4 Å². The second-order valence-corrected chi connectivity index (χ2v) is 13.3. The first-order chi connectivity index (χ1) is 20.8. The van der Waals surface area contributed by atoms with Crippen LogP contribution in [0, 0.1) is 0 Å². The van der Waals surface area contributed by atoms with Crippen molar-refractivity contribution in [1.82, 2.24) is 0 Å². The zero-order valence-corrected chi connectivity index (χ0v) is 25.5. The lowest BCUT2D eigenvalue weighted by molar-refractivity contribution is 0.555. The SMILES string of the molecule is CC1(C)C2=C(C=CCC2)N2c3ccc(-c4ccc(-c5ccc(-c6ccccc6)cc5)cc4)cc3C(C)(C)c3cccc1c32. The second-order valence-electron chi connectivity index (χ2n) is 13.3. The van der Waals surface area contributed by atoms with Gasteiger partial charge in [0, 0.05) is 16.5 Å². The molecule has 210 valence electrons. The molecule has 1 aliphatic carbocycles. The van der Waals surface area contributed by atoms with E-state index in [1.165, 1.54) is 67.1 Å². The van der Waals surface area contributed by atoms with Crippen molar-refractivity contribution in [2.24, 2.45) is 0 Å². The van der Waals surface area contributed by atoms with E-state index in [1.807, 2.05) is 0 Å². The first-order valence-electron chi connectivity index (χ1n) is 15.6. The zero-order valence-electron chi connectivity index (χ0n) is 25.5. The zero-order chi connectivity index (χ0) is 29.3. The Morgan fingerprint density at radius 2 is 1.05 bits per heavy atom. The Balaban J connectivity index is 1.18. The molecule has 0 radical (unpaired) electrons. The van der Waals surface area contributed by atoms with Gasteiger partial charge in [0.2, 0.25) is 0 Å². The summed E-state index contributed by atoms with van der Waals surface area (Å²) in [4.78, 5) is 2.58. The van der Waals surface area contributed by atoms with Gasteiger partial charge in [0.05, 0.1) is 11.4 Å². The summed E-state index contributed by atoms with van der Waals surface area (Å²) in [6.45, 7) is 9.64. The van der Waals surface area contributed by atoms with Crippen molar-refractivity contribution in [2.45, 2.75) is 51.4 Å². The molecule has 5 aromatic rings. The Hall–Kier alpha value is -4.62. The topological polar surface area (TPSA) is 3.24 Å². The third kappa shape index (κ3) is 3.91. The Morgan fingerprint density at radius 1 is 0.512 bits per heavy atom. The van der Waals surface area contributed by atoms with Gasteiger partial charge in [-0.15, -0.1) is 0 Å². The van der Waals surface area contributed by atoms with E-state index in [0.29, 0.717) is 0 Å². The largest absolute Gasteiger partial charge is 0.310 e. The minimum atomic E-state index is -0.111. The molecule has 0 fully saturated rings. The quantitative estimate of drug-likeness (QED) is 0.214. The van der Waals surface area contributed by atoms with E-state index < -0.39 is 0 Å². The van der Waals surface area contributed by atoms with E-state index in [2.05, 4.69) is 160 Å². The second kappa shape index (κ2) is 9.44. The molecule has 3 aliphatic rings. The van der Waals surface area contributed by atoms with Crippen LogP contribution in [0.1, 0.15) is 57.2 Å². The highest BCUT2D eigenvalue weighted by molar-refractivity contribution is 5.89. The van der Waals surface area contributed by atoms with Crippen molar-refractivity contribution in [3.63, 3.8) is 0 Å². The van der Waals surface area contributed by atoms with Gasteiger partial charge < -0.3 is 4.90 Å². The van der Waals surface area contributed by atoms with Crippen molar-refractivity contribution in [3.05, 3.63) is 155 Å². The number of fused-ring (bicyclic) bond motifs is 3. The molecule has 2 aliphatic heterocycles. The lowest BCUT2D eigenvalue weighted by Crippen LogP contribution is -2.40. The predicted molar refractivity (Wildman–Crippen MR) is 182 cm³/mol. The van der Waals surface area contributed by atoms with Crippen molar-refractivity contribution in [2.75, 3.05) is 4.90 Å². The number of nitrogens with zero attached hydrogens (tertiary/aromatic N) is 1. The summed E-state index contributed by atoms with van der Waals surface area (Å²) < 4.78 is 0. The first kappa shape index (κ1) is 26.0. The van der Waals surface area contributed by atoms with Crippen LogP contribution in [-0.2, 0) is 10.8 Å². The molecular formula is C42H37N. The first-order valence-corrected chi connectivity index (χ1v) is 15.6. The minimum Gasteiger partial charge on any atom is -0.310 e. The summed E-state index contributed by atoms with van der Waals surface area (Å²) >= 11 is 0. The van der Waals surface area contributed by atoms with Gasteiger partial charge in [-0.3, -0.25) is 0 Å². The van der Waals surface area contributed by atoms with Gasteiger partial charge in [0.1, 0.15) is 0 Å². The molecule has 0 unspecified atom stereocenters. The van der Waals surface area contributed by atoms with E-state index >= 15 is 0 Å². The summed E-state index contributed by atoms with van der Waals surface area (Å²) in [6, 6.07) is 42.7. The maximum Gasteiger partial charge on any atom is 0.0543 e. The summed E-state index contributed by atoms with van der Waals surface area (Å²) in [5, 5.41) is 0. The van der Waals surface area contributed by atoms with Crippen LogP contribution in [0.3, 0.4) is 0 Å². The molecule has 0 saturated heterocycles. The number of hydrogen-bond donors (Lipinski definition) is 0. The van der Waals surface area contributed by atoms with Crippen molar-refractivity contribution >= 4 is 11.4 Å². The molecule has 8 rings (SSSR count). The molecule has 0 aromatic heterocycles. The molecule has 0 bridgehead atoms. The van der Waals surface area contributed by atoms with Crippen molar-refractivity contribution in [1.29, 1.82) is 0 Å². The van der Waals surface area contributed by atoms with Crippen LogP contribution in [0.4, 0.5) is 11.4 Å². The van der Waals surface area contributed by atoms with Gasteiger partial charge in [-0.05, 0) is 86.7 Å². The minimum absolute atomic E-state index is 0.0269. The number of anilines is 2. The molecule has 5 aromatic carbocycles. The molecule has 1 nitrogen and oxygen atoms in total. The molecule has 43 heavy (non-hydrogen) atoms. The van der Waals surface area contributed by atoms with E-state index in [1.54, 1.807) is 5.57 Å². The highest BCUT2D eigenvalue weighted by Crippen LogP contribution is 2.59. The molecule has 0 amide bonds. The summed E-state index contributed by atoms with van der Waals surface area (Å²) in [5.74, 6) is 0. The van der Waals surface area contributed by atoms with Crippen LogP contribution < -0.4 is 4.90 Å². The Kier molecular flexibility index (Phi) is 5.72. The van der Waals surface area contributed by atoms with Crippen LogP contribution in [0.25, 0.3) is 33.4 Å². The third-order valence-corrected chi connectivity index (χ3v) is 10.2. The fourth-order valence-electron chi connectivity index (χ4n) is 7.72. The monoisotopic (exact) mass is 555 g/mol. The number of allylic oxidation sites excluding steroid dienone is 3. The number of benzene rings is 5. The van der Waals surface area contributed by atoms with Crippen LogP contribution in [0.5, 0.6) is 0 Å². The van der Waals surface area contributed by atoms with Gasteiger partial charge >= 0.3 is 0 Å². The molecule has 1 heteroatoms. The van der Waals surface area contributed by atoms with Gasteiger partial charge in [0.25, 0.3) is 0 Å². The summed E-state index contributed by atoms with van der Waals surface area (Å²) in [6.07, 6.45) is 6.97. The fraction of sp³-hybridized carbons (Fsp3) is 0.190. The smallest absolute Gasteiger partial charge is 0.0543 e. The predicted octanol–water partition coefficient (Wildman–Crippen LogP) is 11.4. The summed E-state index contributed by atoms with van der Waals surface area (Å²) in [7, 11) is 0. The Labute approximate surface area is 255 Å². The van der Waals surface area contributed by atoms with Crippen LogP contribution >= 0.6 is 0 Å². The average Bonchev–Trinajstić information content (AvgIpc) is 3.05. The van der Waals surface area contributed by atoms with Gasteiger partial charge in [0.15, 0.2) is 0 Å². The molecule has 0 spiro atoms. The standard InChI is InChI=1S/C42H37N/c1-41(2)34-13-8-9-16-38(34)43-39-26-25-33(27-37(39)42(3,4)36-15-10-14-35(41)40(36)43)32-23-21-31(22-24-32)30-19-17-29(18-20-30)28-11-6-5-7-12-28/h5-7,9-12,14-27H,8,13H2,1-4H3. The van der Waals surface area contributed by atoms with Gasteiger partial charge in [-0.25, -0.2) is 0 Å². The Morgan fingerprint density at radius 3 is 1.67 bits per heavy atom. The number of hydrogen-bond acceptors (Lipinski definition) is 1. The van der Waals surface area contributed by atoms with E-state index in [4.69, 9.17) is 0 Å². The third-order valence-electron chi connectivity index (χ3n) is 10.2. The fourth-order valence-corrected chi connectivity index (χ4v) is 7.72. The molecule has 0 saturated carbocycles. The van der Waals surface area contributed by atoms with Gasteiger partial charge in [-0.2, -0.15) is 0 Å². The number of rotatable bonds is 3. The molecule has 0 atom stereocenters. The molecule has 0 N–H and O–H groups in total. The van der Waals surface area contributed by atoms with Crippen LogP contribution in [0.2, 0.25) is 0 Å². The maximum absolute atomic E-state index is 2.58. The van der Waals surface area contributed by atoms with Crippen LogP contribution in [-0.4, -0.2) is 0 Å². The lowest BCUT2D eigenvalue weighted by atomic mass is 9.65. The van der Waals surface area contributed by atoms with E-state index in [9.17, 15) is 0 Å². The highest BCUT2D eigenvalue weighted by atomic mass is 15.2. The molecule has 2 heterocycles. The Bertz CT molecular complexity index is 1930. The van der Waals surface area contributed by atoms with Crippen LogP contribution in [0.15, 0.2) is 139 Å². The van der Waals surface area contributed by atoms with Gasteiger partial charge in [-0.1, -0.05) is 137 Å². The maximum atomic E-state index is 2.58. The van der Waals surface area contributed by atoms with Crippen molar-refractivity contribution < 1.29 is 0 Å². The van der Waals surface area contributed by atoms with E-state index in [-0.39, 0.29) is 10.8 Å². The average molecular weight is 556 g/mol. The summed E-state index contributed by atoms with van der Waals surface area (Å²) in [5.41, 5.74) is 17.3. The number of para-hydroxylation sites is 1. The lowest BCUT2D eigenvalue weighted by Gasteiger charge is -2.50. The normalized spacial score (nSPS) is 17.3. The highest BCUT2D eigenvalue weighted by Gasteiger charge is 2.45. The van der Waals surface area contributed by atoms with E-state index in [0.717, 1.165) is 12.8 Å². The molecular weight excluding hydrogens is 518 g/mol.